The molecule has 2 aromatic heterocycles. The van der Waals surface area contributed by atoms with Crippen LogP contribution in [0.4, 0.5) is 10.1 Å². The largest absolute Gasteiger partial charge is 0.457 e. The number of ether oxygens (including phenoxy) is 2. The maximum Gasteiger partial charge on any atom is 0.312 e. The van der Waals surface area contributed by atoms with E-state index in [0.29, 0.717) is 34.0 Å². The lowest BCUT2D eigenvalue weighted by atomic mass is 10.1. The van der Waals surface area contributed by atoms with Gasteiger partial charge in [-0.25, -0.2) is 9.37 Å². The first-order chi connectivity index (χ1) is 17.1. The van der Waals surface area contributed by atoms with Crippen molar-refractivity contribution >= 4 is 21.9 Å². The molecule has 1 aromatic carbocycles. The summed E-state index contributed by atoms with van der Waals surface area (Å²) in [6, 6.07) is 9.06. The normalized spacial score (nSPS) is 15.4. The molecule has 1 atom stereocenters. The highest BCUT2D eigenvalue weighted by Crippen LogP contribution is 2.26. The zero-order valence-corrected chi connectivity index (χ0v) is 21.1. The van der Waals surface area contributed by atoms with E-state index < -0.39 is 28.1 Å². The molecular weight excluding hydrogens is 491 g/mol. The molecule has 13 heteroatoms. The molecule has 0 aliphatic carbocycles. The van der Waals surface area contributed by atoms with Crippen LogP contribution in [0.3, 0.4) is 0 Å². The molecule has 1 aliphatic heterocycles. The first kappa shape index (κ1) is 25.7. The van der Waals surface area contributed by atoms with Crippen molar-refractivity contribution in [3.05, 3.63) is 59.2 Å². The van der Waals surface area contributed by atoms with E-state index in [0.717, 1.165) is 0 Å². The number of pyridine rings is 1. The highest BCUT2D eigenvalue weighted by molar-refractivity contribution is 7.90. The number of nitrogens with zero attached hydrogens (tertiary/aromatic N) is 5. The van der Waals surface area contributed by atoms with Crippen LogP contribution in [-0.2, 0) is 37.9 Å². The number of halogens is 1. The van der Waals surface area contributed by atoms with Gasteiger partial charge in [0.15, 0.2) is 0 Å². The minimum atomic E-state index is -3.73. The summed E-state index contributed by atoms with van der Waals surface area (Å²) in [5.74, 6) is -0.951. The van der Waals surface area contributed by atoms with Crippen molar-refractivity contribution in [3.63, 3.8) is 0 Å². The van der Waals surface area contributed by atoms with Crippen LogP contribution >= 0.6 is 0 Å². The number of aromatic nitrogens is 4. The van der Waals surface area contributed by atoms with Crippen LogP contribution in [0.1, 0.15) is 30.0 Å². The van der Waals surface area contributed by atoms with Crippen molar-refractivity contribution < 1.29 is 27.1 Å². The highest BCUT2D eigenvalue weighted by Gasteiger charge is 2.36. The first-order valence-electron chi connectivity index (χ1n) is 11.2. The van der Waals surface area contributed by atoms with Crippen molar-refractivity contribution in [3.8, 4) is 11.4 Å². The van der Waals surface area contributed by atoms with Crippen LogP contribution in [0.25, 0.3) is 11.4 Å². The van der Waals surface area contributed by atoms with Gasteiger partial charge in [0.1, 0.15) is 17.6 Å². The molecule has 3 heterocycles. The van der Waals surface area contributed by atoms with Crippen LogP contribution < -0.4 is 4.72 Å². The standard InChI is InChI=1S/C23H27FN6O5S/c1-14-19(27-36(32,33)30-12-18(13-30)34-4)8-9-20(25-14)23-21(29(3)28-26-23)11-22(31)35-15(2)16-6-5-7-17(24)10-16/h5-10,15,18,27H,11-13H2,1-4H3/t15-/m1/s1. The van der Waals surface area contributed by atoms with Gasteiger partial charge in [0.2, 0.25) is 0 Å². The maximum absolute atomic E-state index is 13.5. The van der Waals surface area contributed by atoms with E-state index in [-0.39, 0.29) is 25.6 Å². The lowest BCUT2D eigenvalue weighted by Gasteiger charge is -2.36. The Morgan fingerprint density at radius 1 is 1.28 bits per heavy atom. The second-order valence-corrected chi connectivity index (χ2v) is 10.2. The Labute approximate surface area is 208 Å². The van der Waals surface area contributed by atoms with Crippen LogP contribution in [-0.4, -0.2) is 65.0 Å². The number of benzene rings is 1. The van der Waals surface area contributed by atoms with Crippen molar-refractivity contribution in [1.29, 1.82) is 0 Å². The Bertz CT molecular complexity index is 1370. The summed E-state index contributed by atoms with van der Waals surface area (Å²) < 4.78 is 54.5. The summed E-state index contributed by atoms with van der Waals surface area (Å²) in [6.45, 7) is 3.90. The zero-order valence-electron chi connectivity index (χ0n) is 20.3. The van der Waals surface area contributed by atoms with E-state index >= 15 is 0 Å². The predicted molar refractivity (Wildman–Crippen MR) is 128 cm³/mol. The molecule has 3 aromatic rings. The van der Waals surface area contributed by atoms with Gasteiger partial charge in [-0.05, 0) is 43.7 Å². The fraction of sp³-hybridized carbons (Fsp3) is 0.391. The summed E-state index contributed by atoms with van der Waals surface area (Å²) in [7, 11) is -0.545. The number of aryl methyl sites for hydroxylation is 2. The van der Waals surface area contributed by atoms with E-state index in [9.17, 15) is 17.6 Å². The predicted octanol–water partition coefficient (Wildman–Crippen LogP) is 2.16. The van der Waals surface area contributed by atoms with Crippen molar-refractivity contribution in [2.45, 2.75) is 32.5 Å². The number of carbonyl (C=O) groups excluding carboxylic acids is 1. The lowest BCUT2D eigenvalue weighted by molar-refractivity contribution is -0.147. The first-order valence-corrected chi connectivity index (χ1v) is 12.6. The molecule has 0 unspecified atom stereocenters. The van der Waals surface area contributed by atoms with Crippen LogP contribution in [0.15, 0.2) is 36.4 Å². The van der Waals surface area contributed by atoms with Gasteiger partial charge in [-0.1, -0.05) is 17.3 Å². The molecule has 0 amide bonds. The molecule has 36 heavy (non-hydrogen) atoms. The molecule has 1 fully saturated rings. The van der Waals surface area contributed by atoms with Gasteiger partial charge in [-0.15, -0.1) is 5.10 Å². The second kappa shape index (κ2) is 10.3. The third kappa shape index (κ3) is 5.53. The number of carbonyl (C=O) groups is 1. The molecule has 11 nitrogen and oxygen atoms in total. The average Bonchev–Trinajstić information content (AvgIpc) is 3.14. The van der Waals surface area contributed by atoms with E-state index in [1.54, 1.807) is 52.3 Å². The van der Waals surface area contributed by atoms with Gasteiger partial charge in [-0.2, -0.15) is 12.7 Å². The molecule has 0 saturated carbocycles. The molecule has 192 valence electrons. The van der Waals surface area contributed by atoms with E-state index in [1.807, 2.05) is 0 Å². The monoisotopic (exact) mass is 518 g/mol. The fourth-order valence-corrected chi connectivity index (χ4v) is 5.08. The molecule has 4 rings (SSSR count). The van der Waals surface area contributed by atoms with Crippen LogP contribution in [0, 0.1) is 12.7 Å². The number of hydrogen-bond donors (Lipinski definition) is 1. The maximum atomic E-state index is 13.5. The van der Waals surface area contributed by atoms with E-state index in [1.165, 1.54) is 21.1 Å². The summed E-state index contributed by atoms with van der Waals surface area (Å²) in [4.78, 5) is 17.1. The molecule has 1 saturated heterocycles. The minimum absolute atomic E-state index is 0.109. The average molecular weight is 519 g/mol. The third-order valence-electron chi connectivity index (χ3n) is 5.94. The topological polar surface area (TPSA) is 129 Å². The van der Waals surface area contributed by atoms with Gasteiger partial charge in [0, 0.05) is 27.2 Å². The van der Waals surface area contributed by atoms with E-state index in [2.05, 4.69) is 20.0 Å². The molecule has 1 aliphatic rings. The fourth-order valence-electron chi connectivity index (χ4n) is 3.73. The van der Waals surface area contributed by atoms with Gasteiger partial charge in [-0.3, -0.25) is 14.2 Å². The summed E-state index contributed by atoms with van der Waals surface area (Å²) in [6.07, 6.45) is -0.888. The van der Waals surface area contributed by atoms with Crippen LogP contribution in [0.2, 0.25) is 0 Å². The molecular formula is C23H27FN6O5S. The number of anilines is 1. The number of esters is 1. The Balaban J connectivity index is 1.47. The van der Waals surface area contributed by atoms with Gasteiger partial charge < -0.3 is 9.47 Å². The van der Waals surface area contributed by atoms with Crippen molar-refractivity contribution in [2.24, 2.45) is 7.05 Å². The number of hydrogen-bond acceptors (Lipinski definition) is 8. The smallest absolute Gasteiger partial charge is 0.312 e. The van der Waals surface area contributed by atoms with Crippen molar-refractivity contribution in [1.82, 2.24) is 24.3 Å². The van der Waals surface area contributed by atoms with Crippen LogP contribution in [0.5, 0.6) is 0 Å². The Kier molecular flexibility index (Phi) is 7.33. The summed E-state index contributed by atoms with van der Waals surface area (Å²) in [5.41, 5.74) is 2.56. The zero-order chi connectivity index (χ0) is 26.0. The van der Waals surface area contributed by atoms with Gasteiger partial charge in [0.25, 0.3) is 0 Å². The van der Waals surface area contributed by atoms with Gasteiger partial charge >= 0.3 is 16.2 Å². The molecule has 0 bridgehead atoms. The van der Waals surface area contributed by atoms with E-state index in [4.69, 9.17) is 9.47 Å². The highest BCUT2D eigenvalue weighted by atomic mass is 32.2. The number of nitrogens with one attached hydrogen (secondary N) is 1. The number of rotatable bonds is 9. The minimum Gasteiger partial charge on any atom is -0.457 e. The summed E-state index contributed by atoms with van der Waals surface area (Å²) in [5, 5.41) is 8.14. The molecule has 0 radical (unpaired) electrons. The number of methoxy groups -OCH3 is 1. The second-order valence-electron chi connectivity index (χ2n) is 8.48. The SMILES string of the molecule is COC1CN(S(=O)(=O)Nc2ccc(-c3nnn(C)c3CC(=O)O[C@H](C)c3cccc(F)c3)nc2C)C1. The Hall–Kier alpha value is -3.42. The lowest BCUT2D eigenvalue weighted by Crippen LogP contribution is -2.55. The molecule has 0 spiro atoms. The summed E-state index contributed by atoms with van der Waals surface area (Å²) >= 11 is 0. The Morgan fingerprint density at radius 3 is 2.69 bits per heavy atom. The van der Waals surface area contributed by atoms with Gasteiger partial charge in [0.05, 0.1) is 35.3 Å². The van der Waals surface area contributed by atoms with Crippen molar-refractivity contribution in [2.75, 3.05) is 24.9 Å². The third-order valence-corrected chi connectivity index (χ3v) is 7.39. The quantitative estimate of drug-likeness (QED) is 0.427. The molecule has 1 N–H and O–H groups in total. The Morgan fingerprint density at radius 2 is 2.03 bits per heavy atom.